The molecule has 0 atom stereocenters. The Bertz CT molecular complexity index is 1020. The molecule has 7 heteroatoms. The summed E-state index contributed by atoms with van der Waals surface area (Å²) in [7, 11) is -3.66. The first-order chi connectivity index (χ1) is 12.4. The zero-order valence-corrected chi connectivity index (χ0v) is 15.1. The maximum absolute atomic E-state index is 12.3. The number of rotatable bonds is 5. The standard InChI is InChI=1S/C19H15ClN2O3S/c20-15-5-4-6-17(13-15)21-19(23)14-9-11-16(12-10-14)22-26(24,25)18-7-2-1-3-8-18/h1-13,22H,(H,21,23). The van der Waals surface area contributed by atoms with E-state index in [0.29, 0.717) is 22.0 Å². The zero-order valence-electron chi connectivity index (χ0n) is 13.5. The van der Waals surface area contributed by atoms with Crippen LogP contribution in [0.15, 0.2) is 83.8 Å². The highest BCUT2D eigenvalue weighted by Crippen LogP contribution is 2.18. The number of anilines is 2. The molecule has 0 aliphatic heterocycles. The largest absolute Gasteiger partial charge is 0.322 e. The minimum absolute atomic E-state index is 0.169. The molecule has 0 unspecified atom stereocenters. The Balaban J connectivity index is 1.71. The predicted octanol–water partition coefficient (Wildman–Crippen LogP) is 4.39. The first-order valence-electron chi connectivity index (χ1n) is 7.69. The fourth-order valence-electron chi connectivity index (χ4n) is 2.27. The quantitative estimate of drug-likeness (QED) is 0.682. The summed E-state index contributed by atoms with van der Waals surface area (Å²) in [5.74, 6) is -0.315. The number of carbonyl (C=O) groups excluding carboxylic acids is 1. The van der Waals surface area contributed by atoms with E-state index in [1.54, 1.807) is 54.6 Å². The van der Waals surface area contributed by atoms with Crippen LogP contribution in [0, 0.1) is 0 Å². The van der Waals surface area contributed by atoms with Crippen molar-refractivity contribution in [1.82, 2.24) is 0 Å². The highest BCUT2D eigenvalue weighted by molar-refractivity contribution is 7.92. The van der Waals surface area contributed by atoms with Gasteiger partial charge in [-0.3, -0.25) is 9.52 Å². The molecule has 3 aromatic rings. The average molecular weight is 387 g/mol. The molecule has 3 aromatic carbocycles. The van der Waals surface area contributed by atoms with Gasteiger partial charge in [0.25, 0.3) is 15.9 Å². The van der Waals surface area contributed by atoms with Crippen LogP contribution in [0.4, 0.5) is 11.4 Å². The predicted molar refractivity (Wildman–Crippen MR) is 103 cm³/mol. The van der Waals surface area contributed by atoms with E-state index in [-0.39, 0.29) is 10.8 Å². The van der Waals surface area contributed by atoms with Gasteiger partial charge in [-0.1, -0.05) is 35.9 Å². The van der Waals surface area contributed by atoms with E-state index in [0.717, 1.165) is 0 Å². The van der Waals surface area contributed by atoms with Crippen LogP contribution in [-0.2, 0) is 10.0 Å². The monoisotopic (exact) mass is 386 g/mol. The zero-order chi connectivity index (χ0) is 18.6. The number of benzene rings is 3. The highest BCUT2D eigenvalue weighted by atomic mass is 35.5. The molecule has 0 radical (unpaired) electrons. The molecule has 0 aliphatic carbocycles. The number of halogens is 1. The summed E-state index contributed by atoms with van der Waals surface area (Å²) >= 11 is 5.89. The Morgan fingerprint density at radius 3 is 2.15 bits per heavy atom. The molecule has 132 valence electrons. The Kier molecular flexibility index (Phi) is 5.25. The summed E-state index contributed by atoms with van der Waals surface area (Å²) in [5.41, 5.74) is 1.34. The SMILES string of the molecule is O=C(Nc1cccc(Cl)c1)c1ccc(NS(=O)(=O)c2ccccc2)cc1. The molecule has 5 nitrogen and oxygen atoms in total. The summed E-state index contributed by atoms with van der Waals surface area (Å²) in [5, 5.41) is 3.25. The lowest BCUT2D eigenvalue weighted by Gasteiger charge is -2.09. The van der Waals surface area contributed by atoms with Crippen molar-refractivity contribution in [3.63, 3.8) is 0 Å². The number of nitrogens with one attached hydrogen (secondary N) is 2. The first-order valence-corrected chi connectivity index (χ1v) is 9.55. The van der Waals surface area contributed by atoms with Crippen molar-refractivity contribution in [2.45, 2.75) is 4.90 Å². The lowest BCUT2D eigenvalue weighted by atomic mass is 10.2. The van der Waals surface area contributed by atoms with Crippen molar-refractivity contribution in [2.24, 2.45) is 0 Å². The second-order valence-electron chi connectivity index (χ2n) is 5.46. The van der Waals surface area contributed by atoms with Gasteiger partial charge in [0.1, 0.15) is 0 Å². The molecule has 0 saturated carbocycles. The molecule has 1 amide bonds. The minimum Gasteiger partial charge on any atom is -0.322 e. The van der Waals surface area contributed by atoms with Gasteiger partial charge in [-0.2, -0.15) is 0 Å². The Labute approximate surface area is 156 Å². The molecule has 0 fully saturated rings. The third-order valence-corrected chi connectivity index (χ3v) is 5.17. The maximum atomic E-state index is 12.3. The Morgan fingerprint density at radius 1 is 0.808 bits per heavy atom. The first kappa shape index (κ1) is 18.0. The lowest BCUT2D eigenvalue weighted by Crippen LogP contribution is -2.14. The van der Waals surface area contributed by atoms with E-state index in [9.17, 15) is 13.2 Å². The van der Waals surface area contributed by atoms with Crippen molar-refractivity contribution in [2.75, 3.05) is 10.0 Å². The smallest absolute Gasteiger partial charge is 0.261 e. The van der Waals surface area contributed by atoms with Gasteiger partial charge in [-0.15, -0.1) is 0 Å². The van der Waals surface area contributed by atoms with E-state index in [1.165, 1.54) is 24.3 Å². The summed E-state index contributed by atoms with van der Waals surface area (Å²) in [6.45, 7) is 0. The lowest BCUT2D eigenvalue weighted by molar-refractivity contribution is 0.102. The summed E-state index contributed by atoms with van der Waals surface area (Å²) < 4.78 is 27.1. The molecule has 0 heterocycles. The van der Waals surface area contributed by atoms with Crippen LogP contribution < -0.4 is 10.0 Å². The van der Waals surface area contributed by atoms with Crippen LogP contribution >= 0.6 is 11.6 Å². The van der Waals surface area contributed by atoms with Crippen LogP contribution in [0.2, 0.25) is 5.02 Å². The number of carbonyl (C=O) groups is 1. The van der Waals surface area contributed by atoms with E-state index in [1.807, 2.05) is 0 Å². The van der Waals surface area contributed by atoms with E-state index >= 15 is 0 Å². The van der Waals surface area contributed by atoms with Gasteiger partial charge in [0, 0.05) is 22.0 Å². The fraction of sp³-hybridized carbons (Fsp3) is 0. The van der Waals surface area contributed by atoms with Gasteiger partial charge in [-0.25, -0.2) is 8.42 Å². The number of hydrogen-bond acceptors (Lipinski definition) is 3. The van der Waals surface area contributed by atoms with Crippen molar-refractivity contribution in [1.29, 1.82) is 0 Å². The molecule has 0 bridgehead atoms. The van der Waals surface area contributed by atoms with Crippen molar-refractivity contribution < 1.29 is 13.2 Å². The Morgan fingerprint density at radius 2 is 1.50 bits per heavy atom. The highest BCUT2D eigenvalue weighted by Gasteiger charge is 2.14. The molecule has 2 N–H and O–H groups in total. The van der Waals surface area contributed by atoms with Crippen LogP contribution in [0.3, 0.4) is 0 Å². The molecule has 3 rings (SSSR count). The molecular formula is C19H15ClN2O3S. The van der Waals surface area contributed by atoms with Crippen molar-refractivity contribution in [3.05, 3.63) is 89.4 Å². The second-order valence-corrected chi connectivity index (χ2v) is 7.58. The van der Waals surface area contributed by atoms with Crippen LogP contribution in [-0.4, -0.2) is 14.3 Å². The maximum Gasteiger partial charge on any atom is 0.261 e. The van der Waals surface area contributed by atoms with Crippen LogP contribution in [0.25, 0.3) is 0 Å². The third-order valence-electron chi connectivity index (χ3n) is 3.54. The molecule has 26 heavy (non-hydrogen) atoms. The molecule has 0 aromatic heterocycles. The summed E-state index contributed by atoms with van der Waals surface area (Å²) in [6.07, 6.45) is 0. The van der Waals surface area contributed by atoms with E-state index in [4.69, 9.17) is 11.6 Å². The van der Waals surface area contributed by atoms with Gasteiger partial charge in [0.15, 0.2) is 0 Å². The van der Waals surface area contributed by atoms with Crippen molar-refractivity contribution >= 4 is 38.9 Å². The average Bonchev–Trinajstić information content (AvgIpc) is 2.63. The van der Waals surface area contributed by atoms with Gasteiger partial charge >= 0.3 is 0 Å². The number of sulfonamides is 1. The second kappa shape index (κ2) is 7.59. The topological polar surface area (TPSA) is 75.3 Å². The van der Waals surface area contributed by atoms with E-state index in [2.05, 4.69) is 10.0 Å². The van der Waals surface area contributed by atoms with Crippen LogP contribution in [0.1, 0.15) is 10.4 Å². The Hall–Kier alpha value is -2.83. The van der Waals surface area contributed by atoms with Gasteiger partial charge in [0.05, 0.1) is 4.90 Å². The minimum atomic E-state index is -3.66. The van der Waals surface area contributed by atoms with Gasteiger partial charge < -0.3 is 5.32 Å². The molecule has 0 spiro atoms. The summed E-state index contributed by atoms with van der Waals surface area (Å²) in [4.78, 5) is 12.4. The number of hydrogen-bond donors (Lipinski definition) is 2. The van der Waals surface area contributed by atoms with Gasteiger partial charge in [0.2, 0.25) is 0 Å². The molecule has 0 saturated heterocycles. The van der Waals surface area contributed by atoms with Crippen molar-refractivity contribution in [3.8, 4) is 0 Å². The third kappa shape index (κ3) is 4.41. The van der Waals surface area contributed by atoms with Crippen LogP contribution in [0.5, 0.6) is 0 Å². The molecule has 0 aliphatic rings. The summed E-state index contributed by atoms with van der Waals surface area (Å²) in [6, 6.07) is 21.0. The van der Waals surface area contributed by atoms with E-state index < -0.39 is 10.0 Å². The van der Waals surface area contributed by atoms with Gasteiger partial charge in [-0.05, 0) is 54.6 Å². The normalized spacial score (nSPS) is 11.0. The number of amides is 1. The molecular weight excluding hydrogens is 372 g/mol. The fourth-order valence-corrected chi connectivity index (χ4v) is 3.54.